The van der Waals surface area contributed by atoms with Crippen molar-refractivity contribution in [2.75, 3.05) is 11.0 Å². The zero-order valence-corrected chi connectivity index (χ0v) is 11.1. The van der Waals surface area contributed by atoms with Crippen LogP contribution in [0.5, 0.6) is 0 Å². The van der Waals surface area contributed by atoms with E-state index in [1.54, 1.807) is 0 Å². The average molecular weight is 339 g/mol. The Kier molecular flexibility index (Phi) is 3.13. The molecule has 2 fully saturated rings. The van der Waals surface area contributed by atoms with Crippen LogP contribution in [0, 0.1) is 11.8 Å². The van der Waals surface area contributed by atoms with Gasteiger partial charge in [-0.15, -0.1) is 0 Å². The molecule has 0 bridgehead atoms. The van der Waals surface area contributed by atoms with Crippen LogP contribution < -0.4 is 5.32 Å². The van der Waals surface area contributed by atoms with Crippen molar-refractivity contribution < 1.29 is 19.4 Å². The molecule has 0 saturated carbocycles. The van der Waals surface area contributed by atoms with E-state index >= 15 is 0 Å². The number of fused-ring (bicyclic) bond motifs is 1. The van der Waals surface area contributed by atoms with Gasteiger partial charge in [0.05, 0.1) is 6.42 Å². The molecule has 0 aromatic heterocycles. The molecular weight excluding hydrogens is 325 g/mol. The first-order valence-electron chi connectivity index (χ1n) is 5.22. The molecule has 0 radical (unpaired) electrons. The van der Waals surface area contributed by atoms with Gasteiger partial charge in [-0.2, -0.15) is 0 Å². The molecule has 1 unspecified atom stereocenters. The molecule has 5 nitrogen and oxygen atoms in total. The molecule has 90 valence electrons. The predicted octanol–water partition coefficient (Wildman–Crippen LogP) is 0.416. The van der Waals surface area contributed by atoms with Crippen LogP contribution in [0.3, 0.4) is 0 Å². The molecule has 2 aliphatic rings. The third kappa shape index (κ3) is 1.81. The summed E-state index contributed by atoms with van der Waals surface area (Å²) < 4.78 is 6.07. The van der Waals surface area contributed by atoms with Gasteiger partial charge in [0.1, 0.15) is 11.6 Å². The molecule has 2 saturated heterocycles. The SMILES string of the molecule is CC1(CI)OC(=O)C[C@@H]2[C@H](C(=O)O)NC[C@@H]21. The Balaban J connectivity index is 2.26. The number of hydrogen-bond acceptors (Lipinski definition) is 4. The van der Waals surface area contributed by atoms with Gasteiger partial charge in [0.15, 0.2) is 0 Å². The molecule has 0 spiro atoms. The van der Waals surface area contributed by atoms with Crippen LogP contribution >= 0.6 is 22.6 Å². The number of hydrogen-bond donors (Lipinski definition) is 2. The average Bonchev–Trinajstić information content (AvgIpc) is 2.61. The number of carbonyl (C=O) groups is 2. The lowest BCUT2D eigenvalue weighted by Crippen LogP contribution is -2.51. The second-order valence-corrected chi connectivity index (χ2v) is 5.38. The Bertz CT molecular complexity index is 335. The molecule has 0 aliphatic carbocycles. The van der Waals surface area contributed by atoms with E-state index < -0.39 is 17.6 Å². The van der Waals surface area contributed by atoms with Crippen molar-refractivity contribution in [3.8, 4) is 0 Å². The topological polar surface area (TPSA) is 75.6 Å². The van der Waals surface area contributed by atoms with E-state index in [4.69, 9.17) is 9.84 Å². The van der Waals surface area contributed by atoms with Gasteiger partial charge in [0.2, 0.25) is 0 Å². The first-order chi connectivity index (χ1) is 7.48. The molecule has 0 amide bonds. The third-order valence-electron chi connectivity index (χ3n) is 3.57. The summed E-state index contributed by atoms with van der Waals surface area (Å²) in [5.74, 6) is -1.20. The lowest BCUT2D eigenvalue weighted by molar-refractivity contribution is -0.173. The Morgan fingerprint density at radius 1 is 1.75 bits per heavy atom. The molecule has 2 heterocycles. The number of carbonyl (C=O) groups excluding carboxylic acids is 1. The quantitative estimate of drug-likeness (QED) is 0.433. The summed E-state index contributed by atoms with van der Waals surface area (Å²) >= 11 is 2.18. The van der Waals surface area contributed by atoms with Gasteiger partial charge in [-0.3, -0.25) is 9.59 Å². The predicted molar refractivity (Wildman–Crippen MR) is 64.4 cm³/mol. The molecule has 4 atom stereocenters. The van der Waals surface area contributed by atoms with E-state index in [9.17, 15) is 9.59 Å². The van der Waals surface area contributed by atoms with Gasteiger partial charge in [-0.25, -0.2) is 0 Å². The number of ether oxygens (including phenoxy) is 1. The maximum absolute atomic E-state index is 11.5. The first kappa shape index (κ1) is 12.1. The number of alkyl halides is 1. The minimum absolute atomic E-state index is 0.100. The largest absolute Gasteiger partial charge is 0.480 e. The van der Waals surface area contributed by atoms with Crippen molar-refractivity contribution in [3.63, 3.8) is 0 Å². The van der Waals surface area contributed by atoms with Crippen LogP contribution in [0.15, 0.2) is 0 Å². The van der Waals surface area contributed by atoms with Crippen molar-refractivity contribution in [1.29, 1.82) is 0 Å². The van der Waals surface area contributed by atoms with Crippen LogP contribution in [-0.2, 0) is 14.3 Å². The highest BCUT2D eigenvalue weighted by atomic mass is 127. The maximum Gasteiger partial charge on any atom is 0.321 e. The zero-order valence-electron chi connectivity index (χ0n) is 8.90. The number of rotatable bonds is 2. The van der Waals surface area contributed by atoms with Crippen molar-refractivity contribution in [2.24, 2.45) is 11.8 Å². The molecule has 0 aromatic rings. The Morgan fingerprint density at radius 3 is 3.00 bits per heavy atom. The summed E-state index contributed by atoms with van der Waals surface area (Å²) in [5.41, 5.74) is -0.530. The van der Waals surface area contributed by atoms with Crippen LogP contribution in [0.4, 0.5) is 0 Å². The van der Waals surface area contributed by atoms with Crippen molar-refractivity contribution in [3.05, 3.63) is 0 Å². The van der Waals surface area contributed by atoms with Gasteiger partial charge in [-0.1, -0.05) is 22.6 Å². The normalized spacial score (nSPS) is 42.6. The van der Waals surface area contributed by atoms with Crippen molar-refractivity contribution in [2.45, 2.75) is 25.0 Å². The number of esters is 1. The highest BCUT2D eigenvalue weighted by Gasteiger charge is 2.54. The Hall–Kier alpha value is -0.370. The fourth-order valence-corrected chi connectivity index (χ4v) is 3.41. The van der Waals surface area contributed by atoms with Crippen LogP contribution in [0.1, 0.15) is 13.3 Å². The lowest BCUT2D eigenvalue weighted by Gasteiger charge is -2.41. The molecule has 2 rings (SSSR count). The number of halogens is 1. The monoisotopic (exact) mass is 339 g/mol. The molecular formula is C10H14INO4. The van der Waals surface area contributed by atoms with E-state index in [-0.39, 0.29) is 24.2 Å². The minimum Gasteiger partial charge on any atom is -0.480 e. The number of aliphatic carboxylic acids is 1. The fraction of sp³-hybridized carbons (Fsp3) is 0.800. The van der Waals surface area contributed by atoms with E-state index in [2.05, 4.69) is 27.9 Å². The zero-order chi connectivity index (χ0) is 11.9. The van der Waals surface area contributed by atoms with E-state index in [1.165, 1.54) is 0 Å². The molecule has 2 N–H and O–H groups in total. The van der Waals surface area contributed by atoms with Gasteiger partial charge in [-0.05, 0) is 6.92 Å². The van der Waals surface area contributed by atoms with E-state index in [0.29, 0.717) is 11.0 Å². The van der Waals surface area contributed by atoms with Crippen LogP contribution in [0.25, 0.3) is 0 Å². The van der Waals surface area contributed by atoms with E-state index in [1.807, 2.05) is 6.92 Å². The van der Waals surface area contributed by atoms with Crippen LogP contribution in [0.2, 0.25) is 0 Å². The summed E-state index contributed by atoms with van der Waals surface area (Å²) in [5, 5.41) is 12.0. The van der Waals surface area contributed by atoms with Crippen molar-refractivity contribution >= 4 is 34.5 Å². The molecule has 2 aliphatic heterocycles. The first-order valence-corrected chi connectivity index (χ1v) is 6.74. The second-order valence-electron chi connectivity index (χ2n) is 4.62. The summed E-state index contributed by atoms with van der Waals surface area (Å²) in [4.78, 5) is 22.5. The van der Waals surface area contributed by atoms with Crippen molar-refractivity contribution in [1.82, 2.24) is 5.32 Å². The Morgan fingerprint density at radius 2 is 2.44 bits per heavy atom. The third-order valence-corrected chi connectivity index (χ3v) is 5.08. The fourth-order valence-electron chi connectivity index (χ4n) is 2.68. The number of cyclic esters (lactones) is 1. The summed E-state index contributed by atoms with van der Waals surface area (Å²) in [6, 6.07) is -0.611. The lowest BCUT2D eigenvalue weighted by atomic mass is 9.76. The maximum atomic E-state index is 11.5. The smallest absolute Gasteiger partial charge is 0.321 e. The highest BCUT2D eigenvalue weighted by Crippen LogP contribution is 2.41. The summed E-state index contributed by atoms with van der Waals surface area (Å²) in [6.45, 7) is 2.49. The minimum atomic E-state index is -0.877. The van der Waals surface area contributed by atoms with Gasteiger partial charge >= 0.3 is 11.9 Å². The van der Waals surface area contributed by atoms with E-state index in [0.717, 1.165) is 0 Å². The number of nitrogens with one attached hydrogen (secondary N) is 1. The molecule has 16 heavy (non-hydrogen) atoms. The highest BCUT2D eigenvalue weighted by molar-refractivity contribution is 14.1. The second kappa shape index (κ2) is 4.14. The van der Waals surface area contributed by atoms with Gasteiger partial charge in [0.25, 0.3) is 0 Å². The molecule has 6 heteroatoms. The van der Waals surface area contributed by atoms with Crippen LogP contribution in [-0.4, -0.2) is 39.7 Å². The Labute approximate surface area is 107 Å². The number of carboxylic acids is 1. The summed E-state index contributed by atoms with van der Waals surface area (Å²) in [6.07, 6.45) is 0.209. The van der Waals surface area contributed by atoms with Gasteiger partial charge in [0, 0.05) is 22.8 Å². The standard InChI is InChI=1S/C10H14INO4/c1-10(4-11)6-3-12-8(9(14)15)5(6)2-7(13)16-10/h5-6,8,12H,2-4H2,1H3,(H,14,15)/t5-,6-,8+,10?/m0/s1. The number of carboxylic acid groups (broad SMARTS) is 1. The molecule has 0 aromatic carbocycles. The van der Waals surface area contributed by atoms with Gasteiger partial charge < -0.3 is 15.2 Å². The summed E-state index contributed by atoms with van der Waals surface area (Å²) in [7, 11) is 0.